The van der Waals surface area contributed by atoms with E-state index in [1.807, 2.05) is 29.9 Å². The summed E-state index contributed by atoms with van der Waals surface area (Å²) in [5.74, 6) is 0. The monoisotopic (exact) mass is 252 g/mol. The molecule has 1 N–H and O–H groups in total. The molecule has 1 heterocycles. The summed E-state index contributed by atoms with van der Waals surface area (Å²) in [6, 6.07) is 8.13. The van der Waals surface area contributed by atoms with E-state index in [1.54, 1.807) is 11.3 Å². The highest BCUT2D eigenvalue weighted by molar-refractivity contribution is 7.09. The van der Waals surface area contributed by atoms with Crippen LogP contribution >= 0.6 is 22.9 Å². The van der Waals surface area contributed by atoms with E-state index < -0.39 is 0 Å². The van der Waals surface area contributed by atoms with Crippen LogP contribution in [0.2, 0.25) is 5.02 Å². The largest absolute Gasteiger partial charge is 0.306 e. The van der Waals surface area contributed by atoms with Gasteiger partial charge < -0.3 is 5.32 Å². The molecule has 2 nitrogen and oxygen atoms in total. The first kappa shape index (κ1) is 11.6. The SMILES string of the molecule is CCNC(c1cccc(Cl)c1)c1cncs1. The Bertz CT molecular complexity index is 442. The van der Waals surface area contributed by atoms with Gasteiger partial charge in [0.15, 0.2) is 0 Å². The summed E-state index contributed by atoms with van der Waals surface area (Å²) in [6.45, 7) is 3.01. The summed E-state index contributed by atoms with van der Waals surface area (Å²) in [4.78, 5) is 5.33. The Labute approximate surface area is 104 Å². The molecule has 0 aliphatic heterocycles. The van der Waals surface area contributed by atoms with Crippen molar-refractivity contribution < 1.29 is 0 Å². The molecule has 4 heteroatoms. The van der Waals surface area contributed by atoms with E-state index in [0.717, 1.165) is 11.6 Å². The van der Waals surface area contributed by atoms with Gasteiger partial charge in [0.25, 0.3) is 0 Å². The zero-order valence-corrected chi connectivity index (χ0v) is 10.6. The minimum Gasteiger partial charge on any atom is -0.306 e. The maximum atomic E-state index is 6.01. The van der Waals surface area contributed by atoms with Crippen LogP contribution in [0.15, 0.2) is 36.0 Å². The van der Waals surface area contributed by atoms with Crippen molar-refractivity contribution in [3.8, 4) is 0 Å². The molecule has 16 heavy (non-hydrogen) atoms. The van der Waals surface area contributed by atoms with Crippen molar-refractivity contribution in [2.75, 3.05) is 6.54 Å². The van der Waals surface area contributed by atoms with Gasteiger partial charge in [-0.25, -0.2) is 0 Å². The van der Waals surface area contributed by atoms with Gasteiger partial charge in [-0.05, 0) is 24.2 Å². The van der Waals surface area contributed by atoms with Gasteiger partial charge in [-0.2, -0.15) is 0 Å². The number of aromatic nitrogens is 1. The lowest BCUT2D eigenvalue weighted by Crippen LogP contribution is -2.21. The lowest BCUT2D eigenvalue weighted by molar-refractivity contribution is 0.639. The number of nitrogens with one attached hydrogen (secondary N) is 1. The fourth-order valence-electron chi connectivity index (χ4n) is 1.64. The number of hydrogen-bond donors (Lipinski definition) is 1. The topological polar surface area (TPSA) is 24.9 Å². The minimum atomic E-state index is 0.191. The van der Waals surface area contributed by atoms with Crippen LogP contribution in [-0.2, 0) is 0 Å². The van der Waals surface area contributed by atoms with Gasteiger partial charge in [-0.1, -0.05) is 30.7 Å². The average Bonchev–Trinajstić information content (AvgIpc) is 2.79. The molecule has 84 valence electrons. The van der Waals surface area contributed by atoms with Crippen molar-refractivity contribution in [3.05, 3.63) is 51.4 Å². The second-order valence-corrected chi connectivity index (χ2v) is 4.80. The standard InChI is InChI=1S/C12H13ClN2S/c1-2-15-12(11-7-14-8-16-11)9-4-3-5-10(13)6-9/h3-8,12,15H,2H2,1H3. The fourth-order valence-corrected chi connectivity index (χ4v) is 2.56. The third kappa shape index (κ3) is 2.61. The third-order valence-electron chi connectivity index (χ3n) is 2.33. The molecule has 2 aromatic rings. The van der Waals surface area contributed by atoms with E-state index in [0.29, 0.717) is 0 Å². The lowest BCUT2D eigenvalue weighted by Gasteiger charge is -2.16. The Kier molecular flexibility index (Phi) is 3.93. The number of thiazole rings is 1. The molecule has 0 saturated heterocycles. The predicted octanol–water partition coefficient (Wildman–Crippen LogP) is 3.50. The van der Waals surface area contributed by atoms with Gasteiger partial charge in [0, 0.05) is 16.1 Å². The maximum Gasteiger partial charge on any atom is 0.0794 e. The van der Waals surface area contributed by atoms with Crippen molar-refractivity contribution in [1.29, 1.82) is 0 Å². The van der Waals surface area contributed by atoms with Gasteiger partial charge in [-0.15, -0.1) is 11.3 Å². The molecular weight excluding hydrogens is 240 g/mol. The van der Waals surface area contributed by atoms with Crippen LogP contribution in [0.3, 0.4) is 0 Å². The molecule has 0 bridgehead atoms. The molecule has 0 fully saturated rings. The van der Waals surface area contributed by atoms with E-state index >= 15 is 0 Å². The summed E-state index contributed by atoms with van der Waals surface area (Å²) < 4.78 is 0. The molecule has 1 atom stereocenters. The van der Waals surface area contributed by atoms with Crippen molar-refractivity contribution in [3.63, 3.8) is 0 Å². The molecule has 0 saturated carbocycles. The summed E-state index contributed by atoms with van der Waals surface area (Å²) in [7, 11) is 0. The Morgan fingerprint density at radius 1 is 1.50 bits per heavy atom. The zero-order chi connectivity index (χ0) is 11.4. The quantitative estimate of drug-likeness (QED) is 0.901. The average molecular weight is 253 g/mol. The Hall–Kier alpha value is -0.900. The fraction of sp³-hybridized carbons (Fsp3) is 0.250. The molecule has 0 amide bonds. The predicted molar refractivity (Wildman–Crippen MR) is 69.1 cm³/mol. The molecule has 2 rings (SSSR count). The highest BCUT2D eigenvalue weighted by atomic mass is 35.5. The number of nitrogens with zero attached hydrogens (tertiary/aromatic N) is 1. The highest BCUT2D eigenvalue weighted by Gasteiger charge is 2.14. The van der Waals surface area contributed by atoms with E-state index in [4.69, 9.17) is 11.6 Å². The second kappa shape index (κ2) is 5.43. The Balaban J connectivity index is 2.33. The summed E-state index contributed by atoms with van der Waals surface area (Å²) in [5.41, 5.74) is 3.03. The summed E-state index contributed by atoms with van der Waals surface area (Å²) in [6.07, 6.45) is 1.90. The number of rotatable bonds is 4. The molecule has 0 aliphatic carbocycles. The van der Waals surface area contributed by atoms with E-state index in [1.165, 1.54) is 10.4 Å². The van der Waals surface area contributed by atoms with Crippen molar-refractivity contribution in [1.82, 2.24) is 10.3 Å². The molecular formula is C12H13ClN2S. The van der Waals surface area contributed by atoms with Crippen molar-refractivity contribution >= 4 is 22.9 Å². The molecule has 0 aliphatic rings. The first-order valence-electron chi connectivity index (χ1n) is 5.18. The third-order valence-corrected chi connectivity index (χ3v) is 3.40. The first-order valence-corrected chi connectivity index (χ1v) is 6.44. The van der Waals surface area contributed by atoms with Crippen LogP contribution in [0.5, 0.6) is 0 Å². The van der Waals surface area contributed by atoms with Crippen LogP contribution in [0.4, 0.5) is 0 Å². The zero-order valence-electron chi connectivity index (χ0n) is 8.98. The molecule has 1 unspecified atom stereocenters. The molecule has 0 spiro atoms. The highest BCUT2D eigenvalue weighted by Crippen LogP contribution is 2.26. The van der Waals surface area contributed by atoms with Crippen molar-refractivity contribution in [2.45, 2.75) is 13.0 Å². The molecule has 1 aromatic heterocycles. The van der Waals surface area contributed by atoms with Crippen molar-refractivity contribution in [2.24, 2.45) is 0 Å². The van der Waals surface area contributed by atoms with E-state index in [9.17, 15) is 0 Å². The second-order valence-electron chi connectivity index (χ2n) is 3.45. The van der Waals surface area contributed by atoms with Crippen LogP contribution in [0.1, 0.15) is 23.4 Å². The van der Waals surface area contributed by atoms with Crippen LogP contribution in [-0.4, -0.2) is 11.5 Å². The normalized spacial score (nSPS) is 12.6. The van der Waals surface area contributed by atoms with Gasteiger partial charge >= 0.3 is 0 Å². The summed E-state index contributed by atoms with van der Waals surface area (Å²) in [5, 5.41) is 4.21. The molecule has 0 radical (unpaired) electrons. The van der Waals surface area contributed by atoms with Gasteiger partial charge in [0.1, 0.15) is 0 Å². The Morgan fingerprint density at radius 2 is 2.38 bits per heavy atom. The number of halogens is 1. The lowest BCUT2D eigenvalue weighted by atomic mass is 10.1. The number of benzene rings is 1. The van der Waals surface area contributed by atoms with Crippen LogP contribution in [0.25, 0.3) is 0 Å². The van der Waals surface area contributed by atoms with Gasteiger partial charge in [-0.3, -0.25) is 4.98 Å². The minimum absolute atomic E-state index is 0.191. The first-order chi connectivity index (χ1) is 7.81. The van der Waals surface area contributed by atoms with E-state index in [2.05, 4.69) is 23.3 Å². The van der Waals surface area contributed by atoms with E-state index in [-0.39, 0.29) is 6.04 Å². The van der Waals surface area contributed by atoms with Gasteiger partial charge in [0.2, 0.25) is 0 Å². The smallest absolute Gasteiger partial charge is 0.0794 e. The Morgan fingerprint density at radius 3 is 3.00 bits per heavy atom. The van der Waals surface area contributed by atoms with Gasteiger partial charge in [0.05, 0.1) is 11.6 Å². The number of hydrogen-bond acceptors (Lipinski definition) is 3. The molecule has 1 aromatic carbocycles. The maximum absolute atomic E-state index is 6.01. The summed E-state index contributed by atoms with van der Waals surface area (Å²) >= 11 is 7.67. The van der Waals surface area contributed by atoms with Crippen LogP contribution in [0, 0.1) is 0 Å². The van der Waals surface area contributed by atoms with Crippen LogP contribution < -0.4 is 5.32 Å².